The van der Waals surface area contributed by atoms with E-state index in [0.29, 0.717) is 12.8 Å². The molecule has 4 N–H and O–H groups in total. The van der Waals surface area contributed by atoms with E-state index in [9.17, 15) is 14.4 Å². The van der Waals surface area contributed by atoms with Crippen molar-refractivity contribution in [3.63, 3.8) is 0 Å². The number of rotatable bonds is 8. The lowest BCUT2D eigenvalue weighted by atomic mass is 10.1. The highest BCUT2D eigenvalue weighted by Gasteiger charge is 2.22. The molecule has 2 aromatic rings. The summed E-state index contributed by atoms with van der Waals surface area (Å²) in [7, 11) is 0. The van der Waals surface area contributed by atoms with Gasteiger partial charge in [-0.1, -0.05) is 18.2 Å². The molecule has 122 valence electrons. The minimum absolute atomic E-state index is 0.142. The number of aromatic amines is 1. The van der Waals surface area contributed by atoms with Gasteiger partial charge >= 0.3 is 11.9 Å². The molecule has 1 atom stereocenters. The van der Waals surface area contributed by atoms with Gasteiger partial charge in [0.25, 0.3) is 0 Å². The summed E-state index contributed by atoms with van der Waals surface area (Å²) in [6, 6.07) is 6.44. The third-order valence-electron chi connectivity index (χ3n) is 3.54. The average molecular weight is 318 g/mol. The highest BCUT2D eigenvalue weighted by molar-refractivity contribution is 5.87. The van der Waals surface area contributed by atoms with E-state index >= 15 is 0 Å². The van der Waals surface area contributed by atoms with Crippen LogP contribution in [0.25, 0.3) is 10.9 Å². The van der Waals surface area contributed by atoms with Gasteiger partial charge in [-0.05, 0) is 24.5 Å². The van der Waals surface area contributed by atoms with Crippen molar-refractivity contribution in [1.29, 1.82) is 0 Å². The quantitative estimate of drug-likeness (QED) is 0.588. The van der Waals surface area contributed by atoms with Crippen LogP contribution in [0.1, 0.15) is 24.8 Å². The molecule has 0 saturated heterocycles. The Balaban J connectivity index is 1.84. The van der Waals surface area contributed by atoms with Crippen LogP contribution in [0.2, 0.25) is 0 Å². The maximum absolute atomic E-state index is 11.8. The predicted octanol–water partition coefficient (Wildman–Crippen LogP) is 1.53. The summed E-state index contributed by atoms with van der Waals surface area (Å²) in [5, 5.41) is 20.8. The van der Waals surface area contributed by atoms with Gasteiger partial charge in [0.15, 0.2) is 0 Å². The van der Waals surface area contributed by atoms with E-state index in [1.165, 1.54) is 0 Å². The summed E-state index contributed by atoms with van der Waals surface area (Å²) in [5.41, 5.74) is 2.12. The van der Waals surface area contributed by atoms with E-state index in [-0.39, 0.29) is 6.42 Å². The SMILES string of the molecule is O=C(O)CC(NC(=O)CCCc1c[nH]c2ccccc12)C(=O)O. The molecule has 0 bridgehead atoms. The number of aryl methyl sites for hydroxylation is 1. The van der Waals surface area contributed by atoms with Crippen LogP contribution < -0.4 is 5.32 Å². The Labute approximate surface area is 132 Å². The van der Waals surface area contributed by atoms with E-state index in [4.69, 9.17) is 10.2 Å². The molecule has 1 heterocycles. The molecule has 1 aromatic heterocycles. The van der Waals surface area contributed by atoms with Crippen LogP contribution >= 0.6 is 0 Å². The Morgan fingerprint density at radius 3 is 2.61 bits per heavy atom. The summed E-state index contributed by atoms with van der Waals surface area (Å²) in [6.07, 6.45) is 2.63. The summed E-state index contributed by atoms with van der Waals surface area (Å²) >= 11 is 0. The third-order valence-corrected chi connectivity index (χ3v) is 3.54. The van der Waals surface area contributed by atoms with Crippen molar-refractivity contribution >= 4 is 28.7 Å². The molecule has 0 spiro atoms. The first-order valence-corrected chi connectivity index (χ1v) is 7.26. The van der Waals surface area contributed by atoms with Gasteiger partial charge in [0.1, 0.15) is 6.04 Å². The lowest BCUT2D eigenvalue weighted by molar-refractivity contribution is -0.147. The standard InChI is InChI=1S/C16H18N2O5/c19-14(18-13(16(22)23)8-15(20)21)7-3-4-10-9-17-12-6-2-1-5-11(10)12/h1-2,5-6,9,13,17H,3-4,7-8H2,(H,18,19)(H,20,21)(H,22,23). The van der Waals surface area contributed by atoms with Crippen LogP contribution in [-0.2, 0) is 20.8 Å². The van der Waals surface area contributed by atoms with Crippen molar-refractivity contribution in [3.05, 3.63) is 36.0 Å². The molecule has 0 aliphatic rings. The number of aromatic nitrogens is 1. The summed E-state index contributed by atoms with van der Waals surface area (Å²) in [6.45, 7) is 0. The van der Waals surface area contributed by atoms with E-state index in [1.807, 2.05) is 30.5 Å². The van der Waals surface area contributed by atoms with Gasteiger partial charge in [-0.15, -0.1) is 0 Å². The number of carboxylic acid groups (broad SMARTS) is 2. The molecule has 0 fully saturated rings. The Kier molecular flexibility index (Phi) is 5.35. The van der Waals surface area contributed by atoms with Gasteiger partial charge in [0, 0.05) is 23.5 Å². The number of benzene rings is 1. The van der Waals surface area contributed by atoms with Gasteiger partial charge in [-0.25, -0.2) is 4.79 Å². The molecular formula is C16H18N2O5. The number of para-hydroxylation sites is 1. The Morgan fingerprint density at radius 1 is 1.17 bits per heavy atom. The fraction of sp³-hybridized carbons (Fsp3) is 0.312. The number of aliphatic carboxylic acids is 2. The topological polar surface area (TPSA) is 119 Å². The van der Waals surface area contributed by atoms with Crippen molar-refractivity contribution in [3.8, 4) is 0 Å². The number of nitrogens with one attached hydrogen (secondary N) is 2. The van der Waals surface area contributed by atoms with Crippen LogP contribution in [0.4, 0.5) is 0 Å². The van der Waals surface area contributed by atoms with Crippen LogP contribution in [0.15, 0.2) is 30.5 Å². The Bertz CT molecular complexity index is 722. The molecule has 0 aliphatic carbocycles. The van der Waals surface area contributed by atoms with Crippen molar-refractivity contribution in [1.82, 2.24) is 10.3 Å². The number of fused-ring (bicyclic) bond motifs is 1. The zero-order chi connectivity index (χ0) is 16.8. The molecule has 1 aromatic carbocycles. The first kappa shape index (κ1) is 16.5. The van der Waals surface area contributed by atoms with Gasteiger partial charge < -0.3 is 20.5 Å². The van der Waals surface area contributed by atoms with Gasteiger partial charge in [0.2, 0.25) is 5.91 Å². The molecule has 0 radical (unpaired) electrons. The smallest absolute Gasteiger partial charge is 0.326 e. The number of hydrogen-bond acceptors (Lipinski definition) is 3. The number of H-pyrrole nitrogens is 1. The molecule has 0 saturated carbocycles. The first-order valence-electron chi connectivity index (χ1n) is 7.26. The minimum atomic E-state index is -1.40. The van der Waals surface area contributed by atoms with Gasteiger partial charge in [-0.2, -0.15) is 0 Å². The van der Waals surface area contributed by atoms with Gasteiger partial charge in [-0.3, -0.25) is 9.59 Å². The Hall–Kier alpha value is -2.83. The number of hydrogen-bond donors (Lipinski definition) is 4. The van der Waals surface area contributed by atoms with Crippen LogP contribution in [0.5, 0.6) is 0 Å². The predicted molar refractivity (Wildman–Crippen MR) is 83.1 cm³/mol. The molecule has 1 amide bonds. The fourth-order valence-electron chi connectivity index (χ4n) is 2.42. The molecule has 23 heavy (non-hydrogen) atoms. The fourth-order valence-corrected chi connectivity index (χ4v) is 2.42. The van der Waals surface area contributed by atoms with E-state index < -0.39 is 30.3 Å². The second-order valence-electron chi connectivity index (χ2n) is 5.27. The number of carboxylic acids is 2. The molecule has 7 heteroatoms. The normalized spacial score (nSPS) is 12.0. The van der Waals surface area contributed by atoms with E-state index in [1.54, 1.807) is 0 Å². The Morgan fingerprint density at radius 2 is 1.91 bits per heavy atom. The van der Waals surface area contributed by atoms with Crippen LogP contribution in [0.3, 0.4) is 0 Å². The monoisotopic (exact) mass is 318 g/mol. The van der Waals surface area contributed by atoms with Crippen LogP contribution in [-0.4, -0.2) is 39.1 Å². The van der Waals surface area contributed by atoms with Crippen molar-refractivity contribution in [2.75, 3.05) is 0 Å². The molecule has 7 nitrogen and oxygen atoms in total. The maximum atomic E-state index is 11.8. The zero-order valence-corrected chi connectivity index (χ0v) is 12.4. The highest BCUT2D eigenvalue weighted by atomic mass is 16.4. The average Bonchev–Trinajstić information content (AvgIpc) is 2.89. The minimum Gasteiger partial charge on any atom is -0.481 e. The van der Waals surface area contributed by atoms with Crippen molar-refractivity contribution in [2.24, 2.45) is 0 Å². The van der Waals surface area contributed by atoms with Crippen LogP contribution in [0, 0.1) is 0 Å². The highest BCUT2D eigenvalue weighted by Crippen LogP contribution is 2.19. The lowest BCUT2D eigenvalue weighted by Gasteiger charge is -2.12. The van der Waals surface area contributed by atoms with Crippen molar-refractivity contribution < 1.29 is 24.6 Å². The van der Waals surface area contributed by atoms with Gasteiger partial charge in [0.05, 0.1) is 6.42 Å². The number of amides is 1. The summed E-state index contributed by atoms with van der Waals surface area (Å²) in [5.74, 6) is -3.08. The number of carbonyl (C=O) groups excluding carboxylic acids is 1. The molecule has 0 aliphatic heterocycles. The second kappa shape index (κ2) is 7.44. The zero-order valence-electron chi connectivity index (χ0n) is 12.4. The third kappa shape index (κ3) is 4.57. The molecule has 2 rings (SSSR count). The number of carbonyl (C=O) groups is 3. The summed E-state index contributed by atoms with van der Waals surface area (Å²) in [4.78, 5) is 36.4. The molecule has 1 unspecified atom stereocenters. The largest absolute Gasteiger partial charge is 0.481 e. The molecular weight excluding hydrogens is 300 g/mol. The summed E-state index contributed by atoms with van der Waals surface area (Å²) < 4.78 is 0. The maximum Gasteiger partial charge on any atom is 0.326 e. The lowest BCUT2D eigenvalue weighted by Crippen LogP contribution is -2.42. The first-order chi connectivity index (χ1) is 11.0. The van der Waals surface area contributed by atoms with Crippen molar-refractivity contribution in [2.45, 2.75) is 31.7 Å². The second-order valence-corrected chi connectivity index (χ2v) is 5.27. The van der Waals surface area contributed by atoms with E-state index in [2.05, 4.69) is 10.3 Å². The van der Waals surface area contributed by atoms with E-state index in [0.717, 1.165) is 16.5 Å².